The van der Waals surface area contributed by atoms with Crippen molar-refractivity contribution in [1.29, 1.82) is 5.26 Å². The van der Waals surface area contributed by atoms with Crippen molar-refractivity contribution in [2.45, 2.75) is 25.3 Å². The number of methoxy groups -OCH3 is 1. The maximum absolute atomic E-state index is 9.09. The van der Waals surface area contributed by atoms with Crippen LogP contribution in [0, 0.1) is 11.3 Å². The molecule has 19 heavy (non-hydrogen) atoms. The van der Waals surface area contributed by atoms with E-state index < -0.39 is 5.54 Å². The van der Waals surface area contributed by atoms with Crippen LogP contribution in [-0.2, 0) is 0 Å². The fourth-order valence-corrected chi connectivity index (χ4v) is 1.88. The summed E-state index contributed by atoms with van der Waals surface area (Å²) in [6.45, 7) is 2.84. The lowest BCUT2D eigenvalue weighted by Gasteiger charge is -2.24. The van der Waals surface area contributed by atoms with Gasteiger partial charge in [0.1, 0.15) is 11.3 Å². The quantitative estimate of drug-likeness (QED) is 0.819. The van der Waals surface area contributed by atoms with E-state index in [-0.39, 0.29) is 0 Å². The molecule has 0 bridgehead atoms. The van der Waals surface area contributed by atoms with E-state index in [0.29, 0.717) is 0 Å². The third kappa shape index (κ3) is 4.46. The summed E-state index contributed by atoms with van der Waals surface area (Å²) in [6.07, 6.45) is 1.78. The van der Waals surface area contributed by atoms with E-state index in [1.165, 1.54) is 0 Å². The number of nitriles is 1. The van der Waals surface area contributed by atoms with E-state index >= 15 is 0 Å². The fraction of sp³-hybridized carbons (Fsp3) is 0.533. The SMILES string of the molecule is CNC(C)(C#N)CCCN(C)c1cccc(OC)c1. The first kappa shape index (κ1) is 15.3. The minimum Gasteiger partial charge on any atom is -0.497 e. The average molecular weight is 261 g/mol. The first-order valence-electron chi connectivity index (χ1n) is 6.50. The summed E-state index contributed by atoms with van der Waals surface area (Å²) in [5, 5.41) is 12.2. The van der Waals surface area contributed by atoms with Gasteiger partial charge in [0.25, 0.3) is 0 Å². The number of benzene rings is 1. The predicted molar refractivity (Wildman–Crippen MR) is 78.6 cm³/mol. The van der Waals surface area contributed by atoms with E-state index in [4.69, 9.17) is 10.00 Å². The summed E-state index contributed by atoms with van der Waals surface area (Å²) in [6, 6.07) is 10.3. The second-order valence-electron chi connectivity index (χ2n) is 4.92. The third-order valence-electron chi connectivity index (χ3n) is 3.46. The average Bonchev–Trinajstić information content (AvgIpc) is 2.46. The van der Waals surface area contributed by atoms with Gasteiger partial charge in [0.05, 0.1) is 13.2 Å². The van der Waals surface area contributed by atoms with Crippen LogP contribution in [0.3, 0.4) is 0 Å². The summed E-state index contributed by atoms with van der Waals surface area (Å²) in [5.41, 5.74) is 0.692. The van der Waals surface area contributed by atoms with Gasteiger partial charge in [-0.2, -0.15) is 5.26 Å². The molecule has 0 aliphatic rings. The van der Waals surface area contributed by atoms with Crippen LogP contribution in [0.5, 0.6) is 5.75 Å². The zero-order valence-corrected chi connectivity index (χ0v) is 12.2. The molecule has 0 aliphatic carbocycles. The molecule has 0 spiro atoms. The highest BCUT2D eigenvalue weighted by Crippen LogP contribution is 2.20. The van der Waals surface area contributed by atoms with E-state index in [1.54, 1.807) is 7.11 Å². The minimum atomic E-state index is -0.435. The topological polar surface area (TPSA) is 48.3 Å². The normalized spacial score (nSPS) is 13.4. The van der Waals surface area contributed by atoms with Crippen LogP contribution in [-0.4, -0.2) is 33.3 Å². The number of nitrogens with zero attached hydrogens (tertiary/aromatic N) is 2. The van der Waals surface area contributed by atoms with Crippen LogP contribution in [0.15, 0.2) is 24.3 Å². The molecular formula is C15H23N3O. The Hall–Kier alpha value is -1.73. The standard InChI is InChI=1S/C15H23N3O/c1-15(12-16,17-2)9-6-10-18(3)13-7-5-8-14(11-13)19-4/h5,7-8,11,17H,6,9-10H2,1-4H3. The van der Waals surface area contributed by atoms with Gasteiger partial charge in [0, 0.05) is 25.3 Å². The van der Waals surface area contributed by atoms with Crippen LogP contribution in [0.1, 0.15) is 19.8 Å². The Bertz CT molecular complexity index is 441. The van der Waals surface area contributed by atoms with Crippen LogP contribution in [0.25, 0.3) is 0 Å². The molecule has 0 radical (unpaired) electrons. The largest absolute Gasteiger partial charge is 0.497 e. The molecule has 0 aliphatic heterocycles. The zero-order valence-electron chi connectivity index (χ0n) is 12.2. The first-order valence-corrected chi connectivity index (χ1v) is 6.50. The lowest BCUT2D eigenvalue weighted by Crippen LogP contribution is -2.38. The van der Waals surface area contributed by atoms with Crippen molar-refractivity contribution in [2.75, 3.05) is 32.6 Å². The van der Waals surface area contributed by atoms with E-state index in [0.717, 1.165) is 30.8 Å². The molecule has 1 aromatic carbocycles. The van der Waals surface area contributed by atoms with Gasteiger partial charge in [0.2, 0.25) is 0 Å². The molecule has 0 amide bonds. The number of anilines is 1. The van der Waals surface area contributed by atoms with Gasteiger partial charge in [-0.3, -0.25) is 0 Å². The van der Waals surface area contributed by atoms with Gasteiger partial charge < -0.3 is 15.0 Å². The van der Waals surface area contributed by atoms with Gasteiger partial charge >= 0.3 is 0 Å². The summed E-state index contributed by atoms with van der Waals surface area (Å²) >= 11 is 0. The van der Waals surface area contributed by atoms with Crippen molar-refractivity contribution >= 4 is 5.69 Å². The number of hydrogen-bond donors (Lipinski definition) is 1. The monoisotopic (exact) mass is 261 g/mol. The van der Waals surface area contributed by atoms with Crippen LogP contribution >= 0.6 is 0 Å². The zero-order chi connectivity index (χ0) is 14.3. The molecule has 1 rings (SSSR count). The minimum absolute atomic E-state index is 0.435. The van der Waals surface area contributed by atoms with Crippen molar-refractivity contribution < 1.29 is 4.74 Å². The van der Waals surface area contributed by atoms with Crippen LogP contribution in [0.4, 0.5) is 5.69 Å². The number of ether oxygens (including phenoxy) is 1. The maximum atomic E-state index is 9.09. The Morgan fingerprint density at radius 3 is 2.79 bits per heavy atom. The molecule has 4 nitrogen and oxygen atoms in total. The Balaban J connectivity index is 2.51. The second-order valence-corrected chi connectivity index (χ2v) is 4.92. The molecule has 1 N–H and O–H groups in total. The lowest BCUT2D eigenvalue weighted by molar-refractivity contribution is 0.414. The van der Waals surface area contributed by atoms with Crippen molar-refractivity contribution in [3.63, 3.8) is 0 Å². The summed E-state index contributed by atoms with van der Waals surface area (Å²) in [5.74, 6) is 0.862. The van der Waals surface area contributed by atoms with Crippen LogP contribution in [0.2, 0.25) is 0 Å². The summed E-state index contributed by atoms with van der Waals surface area (Å²) in [7, 11) is 5.55. The number of nitrogens with one attached hydrogen (secondary N) is 1. The lowest BCUT2D eigenvalue weighted by atomic mass is 9.98. The Labute approximate surface area is 116 Å². The third-order valence-corrected chi connectivity index (χ3v) is 3.46. The molecule has 0 fully saturated rings. The van der Waals surface area contributed by atoms with Crippen molar-refractivity contribution in [3.05, 3.63) is 24.3 Å². The molecule has 0 heterocycles. The maximum Gasteiger partial charge on any atom is 0.120 e. The Morgan fingerprint density at radius 1 is 1.47 bits per heavy atom. The molecule has 1 aromatic rings. The fourth-order valence-electron chi connectivity index (χ4n) is 1.88. The van der Waals surface area contributed by atoms with Gasteiger partial charge in [-0.15, -0.1) is 0 Å². The van der Waals surface area contributed by atoms with Gasteiger partial charge in [-0.25, -0.2) is 0 Å². The molecule has 0 aromatic heterocycles. The van der Waals surface area contributed by atoms with Crippen molar-refractivity contribution in [1.82, 2.24) is 5.32 Å². The summed E-state index contributed by atoms with van der Waals surface area (Å²) in [4.78, 5) is 2.18. The van der Waals surface area contributed by atoms with Gasteiger partial charge in [-0.05, 0) is 38.9 Å². The number of hydrogen-bond acceptors (Lipinski definition) is 4. The van der Waals surface area contributed by atoms with Crippen LogP contribution < -0.4 is 15.0 Å². The van der Waals surface area contributed by atoms with E-state index in [1.807, 2.05) is 32.2 Å². The molecular weight excluding hydrogens is 238 g/mol. The Morgan fingerprint density at radius 2 is 2.21 bits per heavy atom. The molecule has 1 unspecified atom stereocenters. The molecule has 0 saturated carbocycles. The van der Waals surface area contributed by atoms with Gasteiger partial charge in [0.15, 0.2) is 0 Å². The highest BCUT2D eigenvalue weighted by atomic mass is 16.5. The predicted octanol–water partition coefficient (Wildman–Crippen LogP) is 2.41. The van der Waals surface area contributed by atoms with Gasteiger partial charge in [-0.1, -0.05) is 6.07 Å². The smallest absolute Gasteiger partial charge is 0.120 e. The highest BCUT2D eigenvalue weighted by Gasteiger charge is 2.20. The van der Waals surface area contributed by atoms with Crippen molar-refractivity contribution in [3.8, 4) is 11.8 Å². The van der Waals surface area contributed by atoms with E-state index in [9.17, 15) is 0 Å². The second kappa shape index (κ2) is 7.01. The first-order chi connectivity index (χ1) is 9.04. The number of rotatable bonds is 7. The molecule has 0 saturated heterocycles. The molecule has 104 valence electrons. The molecule has 4 heteroatoms. The highest BCUT2D eigenvalue weighted by molar-refractivity contribution is 5.49. The Kier molecular flexibility index (Phi) is 5.65. The van der Waals surface area contributed by atoms with E-state index in [2.05, 4.69) is 29.4 Å². The molecule has 1 atom stereocenters. The summed E-state index contributed by atoms with van der Waals surface area (Å²) < 4.78 is 5.22. The van der Waals surface area contributed by atoms with Crippen molar-refractivity contribution in [2.24, 2.45) is 0 Å².